The highest BCUT2D eigenvalue weighted by atomic mass is 19.4. The van der Waals surface area contributed by atoms with Crippen LogP contribution in [0.4, 0.5) is 36.4 Å². The molecule has 0 spiro atoms. The molecular formula is C23H28F3N7O2. The first-order chi connectivity index (χ1) is 16.7. The molecular weight excluding hydrogens is 463 g/mol. The number of ether oxygens (including phenoxy) is 2. The van der Waals surface area contributed by atoms with E-state index in [9.17, 15) is 13.2 Å². The molecule has 2 aromatic heterocycles. The predicted molar refractivity (Wildman–Crippen MR) is 129 cm³/mol. The second-order valence-electron chi connectivity index (χ2n) is 8.23. The van der Waals surface area contributed by atoms with Gasteiger partial charge in [0, 0.05) is 37.8 Å². The van der Waals surface area contributed by atoms with E-state index >= 15 is 0 Å². The number of benzene rings is 1. The van der Waals surface area contributed by atoms with Crippen LogP contribution in [0.2, 0.25) is 0 Å². The molecule has 1 aromatic carbocycles. The zero-order valence-electron chi connectivity index (χ0n) is 19.5. The number of fused-ring (bicyclic) bond motifs is 1. The van der Waals surface area contributed by atoms with Crippen LogP contribution in [0, 0.1) is 0 Å². The van der Waals surface area contributed by atoms with Gasteiger partial charge in [0.1, 0.15) is 11.6 Å². The molecule has 1 fully saturated rings. The van der Waals surface area contributed by atoms with Gasteiger partial charge in [0.05, 0.1) is 43.1 Å². The lowest BCUT2D eigenvalue weighted by atomic mass is 10.0. The van der Waals surface area contributed by atoms with Crippen LogP contribution in [0.15, 0.2) is 30.5 Å². The first-order valence-electron chi connectivity index (χ1n) is 11.2. The van der Waals surface area contributed by atoms with E-state index in [0.29, 0.717) is 67.7 Å². The number of nitrogens with zero attached hydrogens (tertiary/aromatic N) is 4. The number of rotatable bonds is 8. The van der Waals surface area contributed by atoms with Crippen LogP contribution < -0.4 is 21.3 Å². The summed E-state index contributed by atoms with van der Waals surface area (Å²) < 4.78 is 50.5. The van der Waals surface area contributed by atoms with Crippen LogP contribution in [0.3, 0.4) is 0 Å². The number of methoxy groups -OCH3 is 1. The van der Waals surface area contributed by atoms with Gasteiger partial charge in [-0.1, -0.05) is 0 Å². The van der Waals surface area contributed by atoms with Crippen LogP contribution in [0.5, 0.6) is 0 Å². The maximum atomic E-state index is 13.3. The molecule has 4 N–H and O–H groups in total. The lowest BCUT2D eigenvalue weighted by Crippen LogP contribution is -2.36. The lowest BCUT2D eigenvalue weighted by molar-refractivity contribution is -0.137. The van der Waals surface area contributed by atoms with Gasteiger partial charge in [-0.15, -0.1) is 0 Å². The minimum Gasteiger partial charge on any atom is -0.399 e. The third-order valence-electron chi connectivity index (χ3n) is 5.65. The quantitative estimate of drug-likeness (QED) is 0.321. The van der Waals surface area contributed by atoms with Gasteiger partial charge in [-0.3, -0.25) is 0 Å². The number of pyridine rings is 1. The van der Waals surface area contributed by atoms with Crippen LogP contribution in [-0.2, 0) is 15.7 Å². The fourth-order valence-corrected chi connectivity index (χ4v) is 3.82. The largest absolute Gasteiger partial charge is 0.416 e. The molecule has 0 radical (unpaired) electrons. The van der Waals surface area contributed by atoms with E-state index in [4.69, 9.17) is 15.2 Å². The SMILES string of the molecule is COCCNc1nc(N[C@H](C)c2cc(N)cc(C(F)(F)F)c2)c2cc(N3CCOCC3)ncc2n1. The molecule has 0 amide bonds. The number of morpholine rings is 1. The van der Waals surface area contributed by atoms with Crippen molar-refractivity contribution in [2.75, 3.05) is 67.8 Å². The molecule has 0 bridgehead atoms. The summed E-state index contributed by atoms with van der Waals surface area (Å²) in [5.74, 6) is 1.58. The Hall–Kier alpha value is -3.38. The van der Waals surface area contributed by atoms with Crippen molar-refractivity contribution < 1.29 is 22.6 Å². The number of hydrogen-bond acceptors (Lipinski definition) is 9. The number of alkyl halides is 3. The van der Waals surface area contributed by atoms with Crippen molar-refractivity contribution in [2.45, 2.75) is 19.1 Å². The Morgan fingerprint density at radius 2 is 1.94 bits per heavy atom. The Kier molecular flexibility index (Phi) is 7.41. The number of nitrogens with one attached hydrogen (secondary N) is 2. The third-order valence-corrected chi connectivity index (χ3v) is 5.65. The number of aromatic nitrogens is 3. The summed E-state index contributed by atoms with van der Waals surface area (Å²) in [6.45, 7) is 5.33. The Balaban J connectivity index is 1.70. The van der Waals surface area contributed by atoms with Gasteiger partial charge in [0.2, 0.25) is 5.95 Å². The summed E-state index contributed by atoms with van der Waals surface area (Å²) in [6, 6.07) is 4.90. The molecule has 3 aromatic rings. The van der Waals surface area contributed by atoms with Crippen molar-refractivity contribution in [3.63, 3.8) is 0 Å². The van der Waals surface area contributed by atoms with E-state index in [-0.39, 0.29) is 5.69 Å². The minimum atomic E-state index is -4.50. The van der Waals surface area contributed by atoms with Gasteiger partial charge in [0.15, 0.2) is 0 Å². The van der Waals surface area contributed by atoms with Crippen molar-refractivity contribution in [1.82, 2.24) is 15.0 Å². The van der Waals surface area contributed by atoms with E-state index in [2.05, 4.69) is 30.5 Å². The number of nitrogens with two attached hydrogens (primary N) is 1. The van der Waals surface area contributed by atoms with Crippen LogP contribution in [0.1, 0.15) is 24.1 Å². The van der Waals surface area contributed by atoms with Crippen LogP contribution >= 0.6 is 0 Å². The van der Waals surface area contributed by atoms with Gasteiger partial charge in [-0.2, -0.15) is 18.2 Å². The molecule has 1 aliphatic heterocycles. The van der Waals surface area contributed by atoms with Crippen LogP contribution in [-0.4, -0.2) is 61.5 Å². The van der Waals surface area contributed by atoms with Crippen molar-refractivity contribution in [2.24, 2.45) is 0 Å². The van der Waals surface area contributed by atoms with Crippen molar-refractivity contribution in [3.05, 3.63) is 41.6 Å². The smallest absolute Gasteiger partial charge is 0.399 e. The van der Waals surface area contributed by atoms with Gasteiger partial charge in [0.25, 0.3) is 0 Å². The molecule has 0 unspecified atom stereocenters. The van der Waals surface area contributed by atoms with E-state index in [0.717, 1.165) is 18.0 Å². The maximum Gasteiger partial charge on any atom is 0.416 e. The fourth-order valence-electron chi connectivity index (χ4n) is 3.82. The third kappa shape index (κ3) is 6.01. The average molecular weight is 492 g/mol. The minimum absolute atomic E-state index is 0.0387. The fraction of sp³-hybridized carbons (Fsp3) is 0.435. The summed E-state index contributed by atoms with van der Waals surface area (Å²) in [4.78, 5) is 15.8. The van der Waals surface area contributed by atoms with E-state index in [1.807, 2.05) is 6.07 Å². The summed E-state index contributed by atoms with van der Waals surface area (Å²) in [5.41, 5.74) is 6.00. The number of halogens is 3. The molecule has 0 aliphatic carbocycles. The van der Waals surface area contributed by atoms with E-state index in [1.54, 1.807) is 20.2 Å². The molecule has 188 valence electrons. The zero-order chi connectivity index (χ0) is 25.0. The Morgan fingerprint density at radius 3 is 2.66 bits per heavy atom. The number of nitrogen functional groups attached to an aromatic ring is 1. The highest BCUT2D eigenvalue weighted by Crippen LogP contribution is 2.34. The van der Waals surface area contributed by atoms with Gasteiger partial charge in [-0.25, -0.2) is 9.97 Å². The van der Waals surface area contributed by atoms with Crippen molar-refractivity contribution in [1.29, 1.82) is 0 Å². The van der Waals surface area contributed by atoms with E-state index in [1.165, 1.54) is 6.07 Å². The van der Waals surface area contributed by atoms with Crippen molar-refractivity contribution >= 4 is 34.2 Å². The maximum absolute atomic E-state index is 13.3. The molecule has 1 aliphatic rings. The molecule has 0 saturated carbocycles. The topological polar surface area (TPSA) is 110 Å². The Bertz CT molecular complexity index is 1170. The lowest BCUT2D eigenvalue weighted by Gasteiger charge is -2.28. The molecule has 1 atom stereocenters. The normalized spacial score (nSPS) is 15.3. The van der Waals surface area contributed by atoms with Crippen molar-refractivity contribution in [3.8, 4) is 0 Å². The van der Waals surface area contributed by atoms with Gasteiger partial charge < -0.3 is 30.7 Å². The average Bonchev–Trinajstić information content (AvgIpc) is 2.83. The first-order valence-corrected chi connectivity index (χ1v) is 11.2. The second kappa shape index (κ2) is 10.5. The summed E-state index contributed by atoms with van der Waals surface area (Å²) in [5, 5.41) is 7.05. The summed E-state index contributed by atoms with van der Waals surface area (Å²) in [7, 11) is 1.59. The predicted octanol–water partition coefficient (Wildman–Crippen LogP) is 3.69. The Morgan fingerprint density at radius 1 is 1.17 bits per heavy atom. The van der Waals surface area contributed by atoms with Gasteiger partial charge >= 0.3 is 6.18 Å². The Labute approximate surface area is 200 Å². The molecule has 3 heterocycles. The monoisotopic (exact) mass is 491 g/mol. The molecule has 1 saturated heterocycles. The summed E-state index contributed by atoms with van der Waals surface area (Å²) in [6.07, 6.45) is -2.83. The number of anilines is 4. The molecule has 9 nitrogen and oxygen atoms in total. The molecule has 4 rings (SSSR count). The highest BCUT2D eigenvalue weighted by Gasteiger charge is 2.31. The number of hydrogen-bond donors (Lipinski definition) is 3. The molecule has 12 heteroatoms. The summed E-state index contributed by atoms with van der Waals surface area (Å²) >= 11 is 0. The first kappa shape index (κ1) is 24.7. The zero-order valence-corrected chi connectivity index (χ0v) is 19.5. The van der Waals surface area contributed by atoms with E-state index < -0.39 is 17.8 Å². The molecule has 35 heavy (non-hydrogen) atoms. The second-order valence-corrected chi connectivity index (χ2v) is 8.23. The standard InChI is InChI=1S/C23H28F3N7O2/c1-14(15-9-16(23(24,25)26)11-17(27)10-15)30-21-18-12-20(33-4-7-35-8-5-33)29-13-19(18)31-22(32-21)28-3-6-34-2/h9-14H,3-8,27H2,1-2H3,(H2,28,30,31,32)/t14-/m1/s1. The highest BCUT2D eigenvalue weighted by molar-refractivity contribution is 5.91. The van der Waals surface area contributed by atoms with Gasteiger partial charge in [-0.05, 0) is 36.8 Å². The van der Waals surface area contributed by atoms with Crippen LogP contribution in [0.25, 0.3) is 10.9 Å².